The van der Waals surface area contributed by atoms with Crippen molar-refractivity contribution in [2.24, 2.45) is 11.8 Å². The quantitative estimate of drug-likeness (QED) is 0.760. The van der Waals surface area contributed by atoms with Crippen LogP contribution in [0.15, 0.2) is 54.6 Å². The summed E-state index contributed by atoms with van der Waals surface area (Å²) in [6.45, 7) is 0.369. The molecule has 0 unspecified atom stereocenters. The van der Waals surface area contributed by atoms with Crippen LogP contribution in [0.25, 0.3) is 0 Å². The lowest BCUT2D eigenvalue weighted by Crippen LogP contribution is -2.20. The monoisotopic (exact) mass is 350 g/mol. The van der Waals surface area contributed by atoms with Gasteiger partial charge >= 0.3 is 12.3 Å². The lowest BCUT2D eigenvalue weighted by molar-refractivity contribution is -0.274. The van der Waals surface area contributed by atoms with Crippen molar-refractivity contribution in [2.45, 2.75) is 19.2 Å². The third kappa shape index (κ3) is 4.75. The van der Waals surface area contributed by atoms with Gasteiger partial charge in [0.05, 0.1) is 12.5 Å². The van der Waals surface area contributed by atoms with E-state index in [-0.39, 0.29) is 23.6 Å². The zero-order valence-corrected chi connectivity index (χ0v) is 13.3. The summed E-state index contributed by atoms with van der Waals surface area (Å²) in [5.74, 6) is -0.766. The summed E-state index contributed by atoms with van der Waals surface area (Å²) in [7, 11) is 0. The molecule has 0 radical (unpaired) electrons. The lowest BCUT2D eigenvalue weighted by atomic mass is 9.85. The SMILES string of the molecule is O=C1OC[C@H](Cc2ccccc2)[C@H]1Cc1ccc(OC(F)(F)F)cc1. The van der Waals surface area contributed by atoms with Crippen LogP contribution in [0.5, 0.6) is 5.75 Å². The van der Waals surface area contributed by atoms with Crippen molar-refractivity contribution >= 4 is 5.97 Å². The van der Waals surface area contributed by atoms with Crippen LogP contribution in [0.1, 0.15) is 11.1 Å². The number of cyclic esters (lactones) is 1. The van der Waals surface area contributed by atoms with E-state index in [2.05, 4.69) is 4.74 Å². The van der Waals surface area contributed by atoms with Gasteiger partial charge in [-0.25, -0.2) is 0 Å². The summed E-state index contributed by atoms with van der Waals surface area (Å²) in [5.41, 5.74) is 1.90. The summed E-state index contributed by atoms with van der Waals surface area (Å²) < 4.78 is 45.6. The largest absolute Gasteiger partial charge is 0.573 e. The Kier molecular flexibility index (Phi) is 4.97. The van der Waals surface area contributed by atoms with E-state index < -0.39 is 6.36 Å². The number of hydrogen-bond donors (Lipinski definition) is 0. The highest BCUT2D eigenvalue weighted by molar-refractivity contribution is 5.75. The number of carbonyl (C=O) groups excluding carboxylic acids is 1. The van der Waals surface area contributed by atoms with E-state index in [1.54, 1.807) is 12.1 Å². The molecule has 1 aliphatic rings. The van der Waals surface area contributed by atoms with E-state index in [1.807, 2.05) is 30.3 Å². The molecule has 1 aliphatic heterocycles. The second-order valence-corrected chi connectivity index (χ2v) is 6.08. The van der Waals surface area contributed by atoms with Crippen LogP contribution in [0.3, 0.4) is 0 Å². The average Bonchev–Trinajstić information content (AvgIpc) is 2.89. The molecule has 132 valence electrons. The third-order valence-corrected chi connectivity index (χ3v) is 4.26. The topological polar surface area (TPSA) is 35.5 Å². The highest BCUT2D eigenvalue weighted by Crippen LogP contribution is 2.30. The molecule has 0 spiro atoms. The minimum atomic E-state index is -4.71. The predicted molar refractivity (Wildman–Crippen MR) is 84.9 cm³/mol. The Morgan fingerprint density at radius 3 is 2.24 bits per heavy atom. The fraction of sp³-hybridized carbons (Fsp3) is 0.316. The van der Waals surface area contributed by atoms with Crippen LogP contribution in [-0.4, -0.2) is 18.9 Å². The number of alkyl halides is 3. The molecule has 25 heavy (non-hydrogen) atoms. The van der Waals surface area contributed by atoms with Crippen LogP contribution in [0.4, 0.5) is 13.2 Å². The minimum absolute atomic E-state index is 0.0565. The number of hydrogen-bond acceptors (Lipinski definition) is 3. The number of benzene rings is 2. The zero-order chi connectivity index (χ0) is 17.9. The molecule has 0 aromatic heterocycles. The molecule has 2 aromatic carbocycles. The van der Waals surface area contributed by atoms with Crippen molar-refractivity contribution in [3.63, 3.8) is 0 Å². The van der Waals surface area contributed by atoms with Crippen LogP contribution >= 0.6 is 0 Å². The maximum atomic E-state index is 12.2. The lowest BCUT2D eigenvalue weighted by Gasteiger charge is -2.16. The summed E-state index contributed by atoms with van der Waals surface area (Å²) in [4.78, 5) is 12.0. The molecule has 2 atom stereocenters. The van der Waals surface area contributed by atoms with E-state index >= 15 is 0 Å². The molecule has 0 aliphatic carbocycles. The van der Waals surface area contributed by atoms with Gasteiger partial charge in [0.15, 0.2) is 0 Å². The number of rotatable bonds is 5. The van der Waals surface area contributed by atoms with Crippen molar-refractivity contribution in [3.05, 3.63) is 65.7 Å². The van der Waals surface area contributed by atoms with Gasteiger partial charge in [-0.2, -0.15) is 0 Å². The Bertz CT molecular complexity index is 711. The first-order valence-corrected chi connectivity index (χ1v) is 7.96. The molecule has 1 fully saturated rings. The van der Waals surface area contributed by atoms with Crippen molar-refractivity contribution in [3.8, 4) is 5.75 Å². The third-order valence-electron chi connectivity index (χ3n) is 4.26. The van der Waals surface area contributed by atoms with Crippen LogP contribution < -0.4 is 4.74 Å². The van der Waals surface area contributed by atoms with E-state index in [0.717, 1.165) is 17.5 Å². The molecule has 0 bridgehead atoms. The zero-order valence-electron chi connectivity index (χ0n) is 13.3. The number of ether oxygens (including phenoxy) is 2. The van der Waals surface area contributed by atoms with Gasteiger partial charge < -0.3 is 9.47 Å². The van der Waals surface area contributed by atoms with Crippen molar-refractivity contribution in [2.75, 3.05) is 6.61 Å². The Hall–Kier alpha value is -2.50. The maximum absolute atomic E-state index is 12.2. The van der Waals surface area contributed by atoms with Gasteiger partial charge in [0.1, 0.15) is 5.75 Å². The summed E-state index contributed by atoms with van der Waals surface area (Å²) in [6.07, 6.45) is -3.55. The molecule has 0 amide bonds. The molecule has 3 nitrogen and oxygen atoms in total. The summed E-state index contributed by atoms with van der Waals surface area (Å²) in [5, 5.41) is 0. The Morgan fingerprint density at radius 2 is 1.60 bits per heavy atom. The minimum Gasteiger partial charge on any atom is -0.465 e. The summed E-state index contributed by atoms with van der Waals surface area (Å²) >= 11 is 0. The van der Waals surface area contributed by atoms with Crippen molar-refractivity contribution < 1.29 is 27.4 Å². The predicted octanol–water partition coefficient (Wildman–Crippen LogP) is 4.16. The standard InChI is InChI=1S/C19H17F3O3/c20-19(21,22)25-16-8-6-14(7-9-16)11-17-15(12-24-18(17)23)10-13-4-2-1-3-5-13/h1-9,15,17H,10-12H2/t15-,17+/m0/s1. The molecule has 3 rings (SSSR count). The normalized spacial score (nSPS) is 20.4. The van der Waals surface area contributed by atoms with E-state index in [1.165, 1.54) is 12.1 Å². The first kappa shape index (κ1) is 17.3. The summed E-state index contributed by atoms with van der Waals surface area (Å²) in [6, 6.07) is 15.4. The highest BCUT2D eigenvalue weighted by atomic mass is 19.4. The molecule has 2 aromatic rings. The first-order valence-electron chi connectivity index (χ1n) is 7.96. The van der Waals surface area contributed by atoms with Crippen LogP contribution in [0, 0.1) is 11.8 Å². The number of halogens is 3. The highest BCUT2D eigenvalue weighted by Gasteiger charge is 2.37. The Labute approximate surface area is 143 Å². The van der Waals surface area contributed by atoms with Crippen LogP contribution in [-0.2, 0) is 22.4 Å². The molecule has 1 heterocycles. The average molecular weight is 350 g/mol. The molecule has 0 saturated carbocycles. The second-order valence-electron chi connectivity index (χ2n) is 6.08. The Morgan fingerprint density at radius 1 is 0.960 bits per heavy atom. The van der Waals surface area contributed by atoms with Gasteiger partial charge in [-0.3, -0.25) is 4.79 Å². The van der Waals surface area contributed by atoms with Gasteiger partial charge in [0.2, 0.25) is 0 Å². The molecular weight excluding hydrogens is 333 g/mol. The first-order chi connectivity index (χ1) is 11.9. The van der Waals surface area contributed by atoms with Crippen molar-refractivity contribution in [1.29, 1.82) is 0 Å². The molecule has 6 heteroatoms. The van der Waals surface area contributed by atoms with Gasteiger partial charge in [0, 0.05) is 5.92 Å². The number of esters is 1. The van der Waals surface area contributed by atoms with Gasteiger partial charge in [0.25, 0.3) is 0 Å². The molecule has 0 N–H and O–H groups in total. The fourth-order valence-corrected chi connectivity index (χ4v) is 3.05. The Balaban J connectivity index is 1.66. The van der Waals surface area contributed by atoms with Crippen LogP contribution in [0.2, 0.25) is 0 Å². The van der Waals surface area contributed by atoms with E-state index in [0.29, 0.717) is 13.0 Å². The van der Waals surface area contributed by atoms with Crippen molar-refractivity contribution in [1.82, 2.24) is 0 Å². The molecular formula is C19H17F3O3. The fourth-order valence-electron chi connectivity index (χ4n) is 3.05. The number of carbonyl (C=O) groups is 1. The van der Waals surface area contributed by atoms with E-state index in [4.69, 9.17) is 4.74 Å². The van der Waals surface area contributed by atoms with Gasteiger partial charge in [-0.05, 0) is 36.1 Å². The van der Waals surface area contributed by atoms with Gasteiger partial charge in [-0.1, -0.05) is 42.5 Å². The smallest absolute Gasteiger partial charge is 0.465 e. The van der Waals surface area contributed by atoms with E-state index in [9.17, 15) is 18.0 Å². The molecule has 1 saturated heterocycles. The second kappa shape index (κ2) is 7.17. The maximum Gasteiger partial charge on any atom is 0.573 e. The van der Waals surface area contributed by atoms with Gasteiger partial charge in [-0.15, -0.1) is 13.2 Å².